The van der Waals surface area contributed by atoms with E-state index in [1.807, 2.05) is 30.3 Å². The Kier molecular flexibility index (Phi) is 7.81. The Morgan fingerprint density at radius 3 is 2.08 bits per heavy atom. The normalized spacial score (nSPS) is 10.4. The molecular formula is C28H19N3O8. The fourth-order valence-electron chi connectivity index (χ4n) is 3.68. The van der Waals surface area contributed by atoms with E-state index in [0.29, 0.717) is 11.6 Å². The summed E-state index contributed by atoms with van der Waals surface area (Å²) in [7, 11) is 0. The quantitative estimate of drug-likeness (QED) is 0.130. The fourth-order valence-corrected chi connectivity index (χ4v) is 3.68. The molecule has 39 heavy (non-hydrogen) atoms. The van der Waals surface area contributed by atoms with Gasteiger partial charge in [0.25, 0.3) is 17.3 Å². The van der Waals surface area contributed by atoms with Gasteiger partial charge in [-0.1, -0.05) is 60.7 Å². The van der Waals surface area contributed by atoms with Crippen LogP contribution in [0.5, 0.6) is 0 Å². The number of ether oxygens (including phenoxy) is 1. The molecule has 0 heterocycles. The number of esters is 1. The van der Waals surface area contributed by atoms with Gasteiger partial charge in [0.1, 0.15) is 5.56 Å². The van der Waals surface area contributed by atoms with Crippen molar-refractivity contribution in [2.24, 2.45) is 0 Å². The molecule has 0 aliphatic heterocycles. The molecular weight excluding hydrogens is 506 g/mol. The van der Waals surface area contributed by atoms with Gasteiger partial charge in [0.15, 0.2) is 12.4 Å². The van der Waals surface area contributed by atoms with Crippen molar-refractivity contribution < 1.29 is 29.0 Å². The second kappa shape index (κ2) is 11.6. The van der Waals surface area contributed by atoms with Crippen LogP contribution in [-0.2, 0) is 4.74 Å². The fraction of sp³-hybridized carbons (Fsp3) is 0.0357. The van der Waals surface area contributed by atoms with E-state index >= 15 is 0 Å². The highest BCUT2D eigenvalue weighted by Crippen LogP contribution is 2.26. The first-order valence-electron chi connectivity index (χ1n) is 11.4. The summed E-state index contributed by atoms with van der Waals surface area (Å²) in [4.78, 5) is 58.2. The number of anilines is 1. The summed E-state index contributed by atoms with van der Waals surface area (Å²) in [6, 6.07) is 24.7. The molecule has 0 unspecified atom stereocenters. The number of nitrogens with one attached hydrogen (secondary N) is 1. The summed E-state index contributed by atoms with van der Waals surface area (Å²) in [6.07, 6.45) is 0. The molecule has 0 saturated carbocycles. The monoisotopic (exact) mass is 525 g/mol. The van der Waals surface area contributed by atoms with E-state index in [-0.39, 0.29) is 11.3 Å². The zero-order valence-electron chi connectivity index (χ0n) is 20.1. The number of hydrogen-bond acceptors (Lipinski definition) is 8. The third kappa shape index (κ3) is 6.35. The third-order valence-electron chi connectivity index (χ3n) is 5.64. The molecule has 4 rings (SSSR count). The summed E-state index contributed by atoms with van der Waals surface area (Å²) in [6.45, 7) is -0.505. The third-order valence-corrected chi connectivity index (χ3v) is 5.64. The number of ketones is 1. The number of hydrogen-bond donors (Lipinski definition) is 1. The minimum Gasteiger partial charge on any atom is -0.454 e. The molecule has 0 spiro atoms. The SMILES string of the molecule is O=C(COC(=O)c1cccc(NC(=O)c2ccc([N+](=O)[O-])cc2[N+](=O)[O-])c1)c1ccc(-c2ccccc2)cc1. The number of carbonyl (C=O) groups excluding carboxylic acids is 3. The Bertz CT molecular complexity index is 1580. The van der Waals surface area contributed by atoms with Gasteiger partial charge in [0, 0.05) is 17.3 Å². The number of nitro benzene ring substituents is 2. The molecule has 0 aliphatic rings. The summed E-state index contributed by atoms with van der Waals surface area (Å²) in [5, 5.41) is 24.7. The van der Waals surface area contributed by atoms with Gasteiger partial charge in [-0.2, -0.15) is 0 Å². The van der Waals surface area contributed by atoms with Crippen LogP contribution in [0.2, 0.25) is 0 Å². The van der Waals surface area contributed by atoms with Crippen LogP contribution in [0.1, 0.15) is 31.1 Å². The molecule has 0 saturated heterocycles. The molecule has 0 radical (unpaired) electrons. The Morgan fingerprint density at radius 1 is 0.718 bits per heavy atom. The average Bonchev–Trinajstić information content (AvgIpc) is 2.96. The highest BCUT2D eigenvalue weighted by atomic mass is 16.6. The predicted molar refractivity (Wildman–Crippen MR) is 141 cm³/mol. The molecule has 0 aromatic heterocycles. The van der Waals surface area contributed by atoms with Crippen LogP contribution in [0.25, 0.3) is 11.1 Å². The lowest BCUT2D eigenvalue weighted by Gasteiger charge is -2.09. The summed E-state index contributed by atoms with van der Waals surface area (Å²) in [5.74, 6) is -2.13. The van der Waals surface area contributed by atoms with Crippen molar-refractivity contribution in [1.82, 2.24) is 0 Å². The zero-order valence-corrected chi connectivity index (χ0v) is 20.1. The maximum absolute atomic E-state index is 12.6. The Labute approximate surface area is 221 Å². The molecule has 0 bridgehead atoms. The molecule has 4 aromatic carbocycles. The first-order chi connectivity index (χ1) is 18.7. The smallest absolute Gasteiger partial charge is 0.338 e. The molecule has 0 fully saturated rings. The van der Waals surface area contributed by atoms with Crippen molar-refractivity contribution in [2.45, 2.75) is 0 Å². The molecule has 11 nitrogen and oxygen atoms in total. The molecule has 1 N–H and O–H groups in total. The molecule has 4 aromatic rings. The molecule has 194 valence electrons. The maximum Gasteiger partial charge on any atom is 0.338 e. The van der Waals surface area contributed by atoms with Gasteiger partial charge in [0.05, 0.1) is 21.5 Å². The molecule has 1 amide bonds. The lowest BCUT2D eigenvalue weighted by Crippen LogP contribution is -2.16. The second-order valence-electron chi connectivity index (χ2n) is 8.19. The molecule has 0 aliphatic carbocycles. The Morgan fingerprint density at radius 2 is 1.41 bits per heavy atom. The van der Waals surface area contributed by atoms with Gasteiger partial charge < -0.3 is 10.1 Å². The van der Waals surface area contributed by atoms with Crippen LogP contribution in [0.15, 0.2) is 97.1 Å². The Hall–Kier alpha value is -5.71. The summed E-state index contributed by atoms with van der Waals surface area (Å²) in [5.41, 5.74) is 0.760. The second-order valence-corrected chi connectivity index (χ2v) is 8.19. The first-order valence-corrected chi connectivity index (χ1v) is 11.4. The number of carbonyl (C=O) groups is 3. The number of non-ortho nitro benzene ring substituents is 1. The first kappa shape index (κ1) is 26.4. The highest BCUT2D eigenvalue weighted by Gasteiger charge is 2.24. The van der Waals surface area contributed by atoms with Crippen LogP contribution < -0.4 is 5.32 Å². The van der Waals surface area contributed by atoms with Gasteiger partial charge in [-0.05, 0) is 35.4 Å². The molecule has 0 atom stereocenters. The summed E-state index contributed by atoms with van der Waals surface area (Å²) < 4.78 is 5.14. The summed E-state index contributed by atoms with van der Waals surface area (Å²) >= 11 is 0. The lowest BCUT2D eigenvalue weighted by molar-refractivity contribution is -0.394. The van der Waals surface area contributed by atoms with Crippen molar-refractivity contribution in [3.63, 3.8) is 0 Å². The van der Waals surface area contributed by atoms with E-state index in [1.165, 1.54) is 24.3 Å². The number of amides is 1. The van der Waals surface area contributed by atoms with E-state index in [1.54, 1.807) is 24.3 Å². The van der Waals surface area contributed by atoms with Gasteiger partial charge in [0.2, 0.25) is 0 Å². The topological polar surface area (TPSA) is 159 Å². The van der Waals surface area contributed by atoms with E-state index in [4.69, 9.17) is 4.74 Å². The Balaban J connectivity index is 1.40. The average molecular weight is 525 g/mol. The van der Waals surface area contributed by atoms with Gasteiger partial charge in [-0.15, -0.1) is 0 Å². The van der Waals surface area contributed by atoms with Gasteiger partial charge in [-0.25, -0.2) is 4.79 Å². The van der Waals surface area contributed by atoms with Crippen LogP contribution in [0, 0.1) is 20.2 Å². The minimum atomic E-state index is -0.906. The largest absolute Gasteiger partial charge is 0.454 e. The van der Waals surface area contributed by atoms with E-state index in [2.05, 4.69) is 5.32 Å². The van der Waals surface area contributed by atoms with E-state index < -0.39 is 51.1 Å². The standard InChI is InChI=1S/C28H19N3O8/c32-26(20-11-9-19(10-12-20)18-5-2-1-3-6-18)17-39-28(34)21-7-4-8-22(15-21)29-27(33)24-14-13-23(30(35)36)16-25(24)31(37)38/h1-16H,17H2,(H,29,33). The number of benzene rings is 4. The minimum absolute atomic E-state index is 0.0261. The number of Topliss-reactive ketones (excluding diaryl/α,β-unsaturated/α-hetero) is 1. The van der Waals surface area contributed by atoms with E-state index in [9.17, 15) is 34.6 Å². The van der Waals surface area contributed by atoms with Crippen LogP contribution in [0.4, 0.5) is 17.1 Å². The van der Waals surface area contributed by atoms with E-state index in [0.717, 1.165) is 23.3 Å². The van der Waals surface area contributed by atoms with Crippen molar-refractivity contribution in [1.29, 1.82) is 0 Å². The van der Waals surface area contributed by atoms with Crippen molar-refractivity contribution in [3.05, 3.63) is 134 Å². The van der Waals surface area contributed by atoms with Crippen molar-refractivity contribution >= 4 is 34.7 Å². The molecule has 11 heteroatoms. The zero-order chi connectivity index (χ0) is 27.9. The lowest BCUT2D eigenvalue weighted by atomic mass is 10.0. The predicted octanol–water partition coefficient (Wildman–Crippen LogP) is 5.46. The van der Waals surface area contributed by atoms with Crippen LogP contribution in [-0.4, -0.2) is 34.1 Å². The van der Waals surface area contributed by atoms with Crippen LogP contribution >= 0.6 is 0 Å². The number of rotatable bonds is 9. The van der Waals surface area contributed by atoms with Crippen LogP contribution in [0.3, 0.4) is 0 Å². The van der Waals surface area contributed by atoms with Gasteiger partial charge in [-0.3, -0.25) is 29.8 Å². The maximum atomic E-state index is 12.6. The van der Waals surface area contributed by atoms with Gasteiger partial charge >= 0.3 is 5.97 Å². The number of nitrogens with zero attached hydrogens (tertiary/aromatic N) is 2. The number of nitro groups is 2. The van der Waals surface area contributed by atoms with Crippen molar-refractivity contribution in [2.75, 3.05) is 11.9 Å². The van der Waals surface area contributed by atoms with Crippen molar-refractivity contribution in [3.8, 4) is 11.1 Å². The highest BCUT2D eigenvalue weighted by molar-refractivity contribution is 6.07.